The third-order valence-corrected chi connectivity index (χ3v) is 3.36. The van der Waals surface area contributed by atoms with Gasteiger partial charge in [0.25, 0.3) is 0 Å². The molecule has 0 aromatic carbocycles. The summed E-state index contributed by atoms with van der Waals surface area (Å²) in [5.41, 5.74) is -1.08. The first-order valence-electron chi connectivity index (χ1n) is 4.81. The third-order valence-electron chi connectivity index (χ3n) is 3.36. The standard InChI is InChI=1S/C9H17NO3/c1-7-4-3-5-8(2)9(7,11)6-10(12)13/h7-8,11H,3-6H2,1-2H3. The van der Waals surface area contributed by atoms with Crippen LogP contribution in [0.4, 0.5) is 0 Å². The maximum Gasteiger partial charge on any atom is 0.232 e. The fraction of sp³-hybridized carbons (Fsp3) is 1.00. The number of aliphatic hydroxyl groups is 1. The van der Waals surface area contributed by atoms with Crippen LogP contribution in [0.1, 0.15) is 33.1 Å². The van der Waals surface area contributed by atoms with E-state index < -0.39 is 10.5 Å². The zero-order chi connectivity index (χ0) is 10.1. The lowest BCUT2D eigenvalue weighted by Gasteiger charge is -2.40. The first-order valence-corrected chi connectivity index (χ1v) is 4.81. The Morgan fingerprint density at radius 2 is 1.92 bits per heavy atom. The Kier molecular flexibility index (Phi) is 2.91. The van der Waals surface area contributed by atoms with Crippen LogP contribution in [0.2, 0.25) is 0 Å². The van der Waals surface area contributed by atoms with E-state index in [0.717, 1.165) is 19.3 Å². The molecule has 1 rings (SSSR count). The summed E-state index contributed by atoms with van der Waals surface area (Å²) in [6, 6.07) is 0. The Bertz CT molecular complexity index is 195. The van der Waals surface area contributed by atoms with Crippen LogP contribution in [0.3, 0.4) is 0 Å². The van der Waals surface area contributed by atoms with E-state index in [2.05, 4.69) is 0 Å². The van der Waals surface area contributed by atoms with Crippen LogP contribution in [0.5, 0.6) is 0 Å². The summed E-state index contributed by atoms with van der Waals surface area (Å²) in [5, 5.41) is 20.5. The van der Waals surface area contributed by atoms with Gasteiger partial charge >= 0.3 is 0 Å². The molecule has 76 valence electrons. The smallest absolute Gasteiger partial charge is 0.232 e. The fourth-order valence-electron chi connectivity index (χ4n) is 2.23. The molecule has 0 aromatic heterocycles. The molecule has 1 aliphatic carbocycles. The molecule has 1 N–H and O–H groups in total. The van der Waals surface area contributed by atoms with E-state index in [9.17, 15) is 15.2 Å². The molecular weight excluding hydrogens is 170 g/mol. The second kappa shape index (κ2) is 3.62. The van der Waals surface area contributed by atoms with Crippen molar-refractivity contribution in [2.75, 3.05) is 6.54 Å². The molecule has 4 nitrogen and oxygen atoms in total. The molecule has 0 radical (unpaired) electrons. The average Bonchev–Trinajstić information content (AvgIpc) is 1.99. The predicted octanol–water partition coefficient (Wildman–Crippen LogP) is 1.45. The van der Waals surface area contributed by atoms with Gasteiger partial charge in [0.1, 0.15) is 5.60 Å². The second-order valence-electron chi connectivity index (χ2n) is 4.22. The summed E-state index contributed by atoms with van der Waals surface area (Å²) in [6.07, 6.45) is 2.87. The number of hydrogen-bond donors (Lipinski definition) is 1. The summed E-state index contributed by atoms with van der Waals surface area (Å²) in [5.74, 6) is 0.0864. The Morgan fingerprint density at radius 1 is 1.46 bits per heavy atom. The Hall–Kier alpha value is -0.640. The quantitative estimate of drug-likeness (QED) is 0.525. The van der Waals surface area contributed by atoms with E-state index >= 15 is 0 Å². The van der Waals surface area contributed by atoms with Crippen LogP contribution in [0.15, 0.2) is 0 Å². The van der Waals surface area contributed by atoms with Crippen molar-refractivity contribution >= 4 is 0 Å². The first kappa shape index (κ1) is 10.4. The normalized spacial score (nSPS) is 40.2. The summed E-state index contributed by atoms with van der Waals surface area (Å²) in [6.45, 7) is 3.49. The molecule has 4 heteroatoms. The average molecular weight is 187 g/mol. The summed E-state index contributed by atoms with van der Waals surface area (Å²) < 4.78 is 0. The topological polar surface area (TPSA) is 63.4 Å². The number of hydrogen-bond acceptors (Lipinski definition) is 3. The molecule has 2 unspecified atom stereocenters. The highest BCUT2D eigenvalue weighted by atomic mass is 16.6. The fourth-order valence-corrected chi connectivity index (χ4v) is 2.23. The van der Waals surface area contributed by atoms with Crippen LogP contribution in [-0.2, 0) is 0 Å². The highest BCUT2D eigenvalue weighted by Crippen LogP contribution is 2.37. The van der Waals surface area contributed by atoms with Crippen molar-refractivity contribution < 1.29 is 10.0 Å². The molecule has 1 fully saturated rings. The predicted molar refractivity (Wildman–Crippen MR) is 49.0 cm³/mol. The Morgan fingerprint density at radius 3 is 2.31 bits per heavy atom. The second-order valence-corrected chi connectivity index (χ2v) is 4.22. The van der Waals surface area contributed by atoms with E-state index in [1.165, 1.54) is 0 Å². The monoisotopic (exact) mass is 187 g/mol. The lowest BCUT2D eigenvalue weighted by atomic mass is 9.70. The van der Waals surface area contributed by atoms with E-state index in [1.54, 1.807) is 0 Å². The van der Waals surface area contributed by atoms with Gasteiger partial charge in [-0.2, -0.15) is 0 Å². The SMILES string of the molecule is CC1CCCC(C)C1(O)C[N+](=O)[O-]. The van der Waals surface area contributed by atoms with E-state index in [1.807, 2.05) is 13.8 Å². The van der Waals surface area contributed by atoms with Crippen LogP contribution in [0.25, 0.3) is 0 Å². The van der Waals surface area contributed by atoms with Gasteiger partial charge in [0.2, 0.25) is 6.54 Å². The summed E-state index contributed by atoms with van der Waals surface area (Å²) in [7, 11) is 0. The molecule has 0 spiro atoms. The van der Waals surface area contributed by atoms with E-state index in [-0.39, 0.29) is 18.4 Å². The van der Waals surface area contributed by atoms with Crippen LogP contribution in [-0.4, -0.2) is 22.2 Å². The molecule has 1 aliphatic rings. The Labute approximate surface area is 78.1 Å². The number of rotatable bonds is 2. The molecule has 1 saturated carbocycles. The van der Waals surface area contributed by atoms with Gasteiger partial charge in [0.05, 0.1) is 0 Å². The van der Waals surface area contributed by atoms with Crippen LogP contribution >= 0.6 is 0 Å². The number of nitrogens with zero attached hydrogens (tertiary/aromatic N) is 1. The third kappa shape index (κ3) is 1.99. The van der Waals surface area contributed by atoms with Gasteiger partial charge < -0.3 is 5.11 Å². The molecule has 0 saturated heterocycles. The van der Waals surface area contributed by atoms with Gasteiger partial charge in [-0.3, -0.25) is 10.1 Å². The van der Waals surface area contributed by atoms with E-state index in [4.69, 9.17) is 0 Å². The Balaban J connectivity index is 2.74. The number of nitro groups is 1. The molecule has 0 aliphatic heterocycles. The van der Waals surface area contributed by atoms with Crippen molar-refractivity contribution in [2.45, 2.75) is 38.7 Å². The minimum absolute atomic E-state index is 0.0432. The zero-order valence-corrected chi connectivity index (χ0v) is 8.19. The van der Waals surface area contributed by atoms with Crippen LogP contribution in [0, 0.1) is 22.0 Å². The molecule has 0 aromatic rings. The van der Waals surface area contributed by atoms with Crippen molar-refractivity contribution in [1.29, 1.82) is 0 Å². The molecule has 13 heavy (non-hydrogen) atoms. The maximum absolute atomic E-state index is 10.4. The highest BCUT2D eigenvalue weighted by molar-refractivity contribution is 4.92. The largest absolute Gasteiger partial charge is 0.382 e. The highest BCUT2D eigenvalue weighted by Gasteiger charge is 2.45. The van der Waals surface area contributed by atoms with Crippen molar-refractivity contribution in [3.8, 4) is 0 Å². The lowest BCUT2D eigenvalue weighted by molar-refractivity contribution is -0.507. The molecule has 0 bridgehead atoms. The van der Waals surface area contributed by atoms with Crippen molar-refractivity contribution in [3.63, 3.8) is 0 Å². The van der Waals surface area contributed by atoms with Gasteiger partial charge in [0, 0.05) is 4.92 Å². The van der Waals surface area contributed by atoms with Gasteiger partial charge in [-0.05, 0) is 24.7 Å². The maximum atomic E-state index is 10.4. The van der Waals surface area contributed by atoms with Gasteiger partial charge in [-0.15, -0.1) is 0 Å². The summed E-state index contributed by atoms with van der Waals surface area (Å²) >= 11 is 0. The van der Waals surface area contributed by atoms with E-state index in [0.29, 0.717) is 0 Å². The molecule has 2 atom stereocenters. The van der Waals surface area contributed by atoms with Gasteiger partial charge in [-0.25, -0.2) is 0 Å². The van der Waals surface area contributed by atoms with Gasteiger partial charge in [0.15, 0.2) is 0 Å². The van der Waals surface area contributed by atoms with Crippen LogP contribution < -0.4 is 0 Å². The van der Waals surface area contributed by atoms with Crippen molar-refractivity contribution in [1.82, 2.24) is 0 Å². The molecular formula is C9H17NO3. The molecule has 0 heterocycles. The van der Waals surface area contributed by atoms with Gasteiger partial charge in [-0.1, -0.05) is 20.3 Å². The van der Waals surface area contributed by atoms with Crippen molar-refractivity contribution in [2.24, 2.45) is 11.8 Å². The first-order chi connectivity index (χ1) is 5.97. The zero-order valence-electron chi connectivity index (χ0n) is 8.19. The molecule has 0 amide bonds. The minimum atomic E-state index is -1.08. The minimum Gasteiger partial charge on any atom is -0.382 e. The van der Waals surface area contributed by atoms with Crippen molar-refractivity contribution in [3.05, 3.63) is 10.1 Å². The summed E-state index contributed by atoms with van der Waals surface area (Å²) in [4.78, 5) is 10.0. The lowest BCUT2D eigenvalue weighted by Crippen LogP contribution is -2.50.